The van der Waals surface area contributed by atoms with Gasteiger partial charge in [0, 0.05) is 24.5 Å². The Kier molecular flexibility index (Phi) is 6.90. The highest BCUT2D eigenvalue weighted by atomic mass is 35.5. The van der Waals surface area contributed by atoms with Gasteiger partial charge in [0.15, 0.2) is 5.16 Å². The fourth-order valence-electron chi connectivity index (χ4n) is 3.85. The molecule has 2 aliphatic heterocycles. The SMILES string of the molecule is CCOC(=O)C1=C(CSc2nnc(N3CCCC3)n2-c2ccccc2Cl)NC(=O)NC1C. The molecule has 2 amide bonds. The summed E-state index contributed by atoms with van der Waals surface area (Å²) < 4.78 is 7.13. The van der Waals surface area contributed by atoms with Crippen LogP contribution in [-0.4, -0.2) is 58.3 Å². The Hall–Kier alpha value is -2.72. The Bertz CT molecular complexity index is 1050. The fraction of sp³-hybridized carbons (Fsp3) is 0.429. The third-order valence-electron chi connectivity index (χ3n) is 5.31. The van der Waals surface area contributed by atoms with E-state index < -0.39 is 12.0 Å². The van der Waals surface area contributed by atoms with Crippen LogP contribution in [0.3, 0.4) is 0 Å². The van der Waals surface area contributed by atoms with E-state index in [4.69, 9.17) is 16.3 Å². The average molecular weight is 477 g/mol. The molecule has 3 heterocycles. The molecule has 0 bridgehead atoms. The van der Waals surface area contributed by atoms with Crippen LogP contribution in [0.2, 0.25) is 5.02 Å². The minimum absolute atomic E-state index is 0.253. The van der Waals surface area contributed by atoms with Gasteiger partial charge in [-0.2, -0.15) is 0 Å². The van der Waals surface area contributed by atoms with Gasteiger partial charge in [0.2, 0.25) is 5.95 Å². The zero-order valence-electron chi connectivity index (χ0n) is 17.9. The third kappa shape index (κ3) is 4.56. The lowest BCUT2D eigenvalue weighted by Gasteiger charge is -2.26. The van der Waals surface area contributed by atoms with Crippen LogP contribution >= 0.6 is 23.4 Å². The molecule has 32 heavy (non-hydrogen) atoms. The van der Waals surface area contributed by atoms with E-state index in [1.807, 2.05) is 28.8 Å². The van der Waals surface area contributed by atoms with Crippen LogP contribution in [0.25, 0.3) is 5.69 Å². The number of amides is 2. The van der Waals surface area contributed by atoms with Crippen molar-refractivity contribution in [2.24, 2.45) is 0 Å². The highest BCUT2D eigenvalue weighted by Gasteiger charge is 2.30. The minimum Gasteiger partial charge on any atom is -0.463 e. The second-order valence-corrected chi connectivity index (χ2v) is 8.83. The van der Waals surface area contributed by atoms with Crippen LogP contribution in [-0.2, 0) is 9.53 Å². The monoisotopic (exact) mass is 476 g/mol. The van der Waals surface area contributed by atoms with Crippen LogP contribution in [0.4, 0.5) is 10.7 Å². The summed E-state index contributed by atoms with van der Waals surface area (Å²) in [7, 11) is 0. The average Bonchev–Trinajstić information content (AvgIpc) is 3.42. The number of esters is 1. The number of hydrogen-bond donors (Lipinski definition) is 2. The van der Waals surface area contributed by atoms with E-state index in [1.54, 1.807) is 13.8 Å². The summed E-state index contributed by atoms with van der Waals surface area (Å²) in [5.41, 5.74) is 1.69. The van der Waals surface area contributed by atoms with Crippen LogP contribution in [0, 0.1) is 0 Å². The zero-order valence-corrected chi connectivity index (χ0v) is 19.5. The molecule has 11 heteroatoms. The Morgan fingerprint density at radius 2 is 2.03 bits per heavy atom. The number of halogens is 1. The van der Waals surface area contributed by atoms with Gasteiger partial charge in [-0.25, -0.2) is 9.59 Å². The number of urea groups is 1. The second kappa shape index (κ2) is 9.83. The smallest absolute Gasteiger partial charge is 0.337 e. The number of benzene rings is 1. The third-order valence-corrected chi connectivity index (χ3v) is 6.58. The van der Waals surface area contributed by atoms with E-state index in [-0.39, 0.29) is 12.6 Å². The van der Waals surface area contributed by atoms with E-state index in [1.165, 1.54) is 11.8 Å². The molecule has 1 aromatic carbocycles. The van der Waals surface area contributed by atoms with Gasteiger partial charge >= 0.3 is 12.0 Å². The molecule has 2 N–H and O–H groups in total. The molecule has 9 nitrogen and oxygen atoms in total. The van der Waals surface area contributed by atoms with E-state index in [2.05, 4.69) is 25.7 Å². The number of para-hydroxylation sites is 1. The number of hydrogen-bond acceptors (Lipinski definition) is 7. The van der Waals surface area contributed by atoms with Gasteiger partial charge in [-0.15, -0.1) is 10.2 Å². The molecule has 2 aliphatic rings. The van der Waals surface area contributed by atoms with Crippen LogP contribution in [0.15, 0.2) is 40.7 Å². The summed E-state index contributed by atoms with van der Waals surface area (Å²) in [6, 6.07) is 6.73. The van der Waals surface area contributed by atoms with Crippen molar-refractivity contribution in [2.45, 2.75) is 37.9 Å². The molecule has 4 rings (SSSR count). The number of aromatic nitrogens is 3. The van der Waals surface area contributed by atoms with Gasteiger partial charge in [0.1, 0.15) is 0 Å². The van der Waals surface area contributed by atoms with E-state index in [0.717, 1.165) is 37.6 Å². The topological polar surface area (TPSA) is 101 Å². The molecule has 0 spiro atoms. The van der Waals surface area contributed by atoms with Gasteiger partial charge in [0.05, 0.1) is 28.9 Å². The highest BCUT2D eigenvalue weighted by molar-refractivity contribution is 7.99. The second-order valence-electron chi connectivity index (χ2n) is 7.49. The normalized spacial score (nSPS) is 18.5. The number of ether oxygens (including phenoxy) is 1. The molecule has 0 aliphatic carbocycles. The van der Waals surface area contributed by atoms with E-state index >= 15 is 0 Å². The van der Waals surface area contributed by atoms with Crippen molar-refractivity contribution < 1.29 is 14.3 Å². The first kappa shape index (κ1) is 22.5. The molecule has 0 radical (unpaired) electrons. The lowest BCUT2D eigenvalue weighted by Crippen LogP contribution is -2.49. The van der Waals surface area contributed by atoms with Gasteiger partial charge < -0.3 is 20.3 Å². The summed E-state index contributed by atoms with van der Waals surface area (Å²) in [5.74, 6) is 0.600. The number of carbonyl (C=O) groups is 2. The molecule has 2 aromatic rings. The van der Waals surface area contributed by atoms with Crippen molar-refractivity contribution in [1.82, 2.24) is 25.4 Å². The summed E-state index contributed by atoms with van der Waals surface area (Å²) in [4.78, 5) is 26.8. The maximum atomic E-state index is 12.5. The number of nitrogens with zero attached hydrogens (tertiary/aromatic N) is 4. The van der Waals surface area contributed by atoms with Crippen molar-refractivity contribution in [3.8, 4) is 5.69 Å². The van der Waals surface area contributed by atoms with Crippen molar-refractivity contribution in [3.05, 3.63) is 40.6 Å². The molecule has 170 valence electrons. The molecule has 1 unspecified atom stereocenters. The van der Waals surface area contributed by atoms with E-state index in [0.29, 0.717) is 27.2 Å². The standard InChI is InChI=1S/C21H25ClN6O3S/c1-3-31-18(29)17-13(2)23-19(30)24-15(17)12-32-21-26-25-20(27-10-6-7-11-27)28(21)16-9-5-4-8-14(16)22/h4-5,8-9,13H,3,6-7,10-12H2,1-2H3,(H2,23,24,30). The highest BCUT2D eigenvalue weighted by Crippen LogP contribution is 2.33. The predicted octanol–water partition coefficient (Wildman–Crippen LogP) is 3.13. The largest absolute Gasteiger partial charge is 0.463 e. The zero-order chi connectivity index (χ0) is 22.7. The molecule has 1 atom stereocenters. The Balaban J connectivity index is 1.68. The first-order chi connectivity index (χ1) is 15.5. The Labute approximate surface area is 195 Å². The Morgan fingerprint density at radius 1 is 1.28 bits per heavy atom. The van der Waals surface area contributed by atoms with Crippen molar-refractivity contribution in [1.29, 1.82) is 0 Å². The van der Waals surface area contributed by atoms with Crippen LogP contribution in [0.5, 0.6) is 0 Å². The van der Waals surface area contributed by atoms with Crippen molar-refractivity contribution in [3.63, 3.8) is 0 Å². The van der Waals surface area contributed by atoms with Gasteiger partial charge in [-0.05, 0) is 38.8 Å². The lowest BCUT2D eigenvalue weighted by atomic mass is 10.1. The van der Waals surface area contributed by atoms with Crippen molar-refractivity contribution in [2.75, 3.05) is 30.3 Å². The number of carbonyl (C=O) groups excluding carboxylic acids is 2. The number of nitrogens with one attached hydrogen (secondary N) is 2. The number of anilines is 1. The molecule has 1 fully saturated rings. The minimum atomic E-state index is -0.458. The first-order valence-electron chi connectivity index (χ1n) is 10.5. The fourth-order valence-corrected chi connectivity index (χ4v) is 4.98. The summed E-state index contributed by atoms with van der Waals surface area (Å²) >= 11 is 7.89. The van der Waals surface area contributed by atoms with Crippen molar-refractivity contribution >= 4 is 41.3 Å². The summed E-state index contributed by atoms with van der Waals surface area (Å²) in [5, 5.41) is 15.5. The molecular formula is C21H25ClN6O3S. The molecule has 0 saturated carbocycles. The molecular weight excluding hydrogens is 452 g/mol. The number of thioether (sulfide) groups is 1. The van der Waals surface area contributed by atoms with E-state index in [9.17, 15) is 9.59 Å². The van der Waals surface area contributed by atoms with Gasteiger partial charge in [0.25, 0.3) is 0 Å². The maximum absolute atomic E-state index is 12.5. The van der Waals surface area contributed by atoms with Crippen LogP contribution in [0.1, 0.15) is 26.7 Å². The van der Waals surface area contributed by atoms with Gasteiger partial charge in [-0.3, -0.25) is 4.57 Å². The molecule has 1 aromatic heterocycles. The predicted molar refractivity (Wildman–Crippen MR) is 123 cm³/mol. The van der Waals surface area contributed by atoms with Crippen LogP contribution < -0.4 is 15.5 Å². The lowest BCUT2D eigenvalue weighted by molar-refractivity contribution is -0.138. The Morgan fingerprint density at radius 3 is 2.75 bits per heavy atom. The summed E-state index contributed by atoms with van der Waals surface area (Å²) in [6.45, 7) is 5.57. The number of rotatable bonds is 7. The molecule has 1 saturated heterocycles. The summed E-state index contributed by atoms with van der Waals surface area (Å²) in [6.07, 6.45) is 2.20. The van der Waals surface area contributed by atoms with Gasteiger partial charge in [-0.1, -0.05) is 35.5 Å². The maximum Gasteiger partial charge on any atom is 0.337 e. The first-order valence-corrected chi connectivity index (χ1v) is 11.9. The quantitative estimate of drug-likeness (QED) is 0.467.